The molecule has 0 atom stereocenters. The predicted molar refractivity (Wildman–Crippen MR) is 233 cm³/mol. The quantitative estimate of drug-likeness (QED) is 0.160. The average Bonchev–Trinajstić information content (AvgIpc) is 3.64. The standard InChI is InChI=1S/C52H35NS/c1-2-13-38(14-3-1)46-20-6-8-25-50(46)53(43-33-29-39(30-34-43)47-23-12-24-49-48-21-7-9-26-51(48)54-52(47)49)42-31-27-36(28-32-42)40-17-10-18-41(35-40)45-22-11-16-37-15-4-5-19-44(37)45/h1-35H. The SMILES string of the molecule is c1ccc(-c2ccccc2N(c2ccc(-c3cccc(-c4cccc5ccccc45)c3)cc2)c2ccc(-c3cccc4c3sc3ccccc34)cc2)cc1. The fraction of sp³-hybridized carbons (Fsp3) is 0. The highest BCUT2D eigenvalue weighted by molar-refractivity contribution is 7.26. The van der Waals surface area contributed by atoms with E-state index in [0.29, 0.717) is 0 Å². The summed E-state index contributed by atoms with van der Waals surface area (Å²) in [7, 11) is 0. The van der Waals surface area contributed by atoms with Crippen LogP contribution in [-0.2, 0) is 0 Å². The van der Waals surface area contributed by atoms with Gasteiger partial charge in [0, 0.05) is 37.1 Å². The van der Waals surface area contributed by atoms with Crippen molar-refractivity contribution in [2.24, 2.45) is 0 Å². The van der Waals surface area contributed by atoms with Gasteiger partial charge in [-0.2, -0.15) is 0 Å². The van der Waals surface area contributed by atoms with Gasteiger partial charge in [-0.1, -0.05) is 170 Å². The molecule has 1 aromatic heterocycles. The van der Waals surface area contributed by atoms with Crippen LogP contribution in [0.4, 0.5) is 17.1 Å². The molecule has 1 nitrogen and oxygen atoms in total. The van der Waals surface area contributed by atoms with Crippen molar-refractivity contribution in [3.63, 3.8) is 0 Å². The van der Waals surface area contributed by atoms with Crippen LogP contribution in [0.2, 0.25) is 0 Å². The lowest BCUT2D eigenvalue weighted by atomic mass is 9.95. The van der Waals surface area contributed by atoms with Gasteiger partial charge in [-0.15, -0.1) is 11.3 Å². The zero-order valence-corrected chi connectivity index (χ0v) is 30.4. The third-order valence-electron chi connectivity index (χ3n) is 10.5. The maximum absolute atomic E-state index is 2.39. The number of nitrogens with zero attached hydrogens (tertiary/aromatic N) is 1. The van der Waals surface area contributed by atoms with Crippen LogP contribution in [0.3, 0.4) is 0 Å². The van der Waals surface area contributed by atoms with E-state index in [0.717, 1.165) is 17.1 Å². The highest BCUT2D eigenvalue weighted by Gasteiger charge is 2.18. The van der Waals surface area contributed by atoms with E-state index in [1.54, 1.807) is 0 Å². The van der Waals surface area contributed by atoms with Gasteiger partial charge >= 0.3 is 0 Å². The van der Waals surface area contributed by atoms with Crippen LogP contribution in [0, 0.1) is 0 Å². The molecule has 0 bridgehead atoms. The molecule has 0 amide bonds. The van der Waals surface area contributed by atoms with Crippen LogP contribution in [0.15, 0.2) is 212 Å². The van der Waals surface area contributed by atoms with Gasteiger partial charge in [-0.25, -0.2) is 0 Å². The summed E-state index contributed by atoms with van der Waals surface area (Å²) in [5, 5.41) is 5.17. The molecule has 0 fully saturated rings. The number of hydrogen-bond acceptors (Lipinski definition) is 2. The molecule has 0 unspecified atom stereocenters. The molecule has 0 saturated heterocycles. The fourth-order valence-corrected chi connectivity index (χ4v) is 9.11. The molecule has 0 saturated carbocycles. The van der Waals surface area contributed by atoms with Gasteiger partial charge in [-0.05, 0) is 92.2 Å². The second kappa shape index (κ2) is 13.7. The van der Waals surface area contributed by atoms with E-state index in [-0.39, 0.29) is 0 Å². The van der Waals surface area contributed by atoms with Crippen molar-refractivity contribution < 1.29 is 0 Å². The number of hydrogen-bond donors (Lipinski definition) is 0. The number of rotatable bonds is 7. The summed E-state index contributed by atoms with van der Waals surface area (Å²) in [4.78, 5) is 2.39. The van der Waals surface area contributed by atoms with Crippen LogP contribution in [0.25, 0.3) is 75.5 Å². The summed E-state index contributed by atoms with van der Waals surface area (Å²) in [5.41, 5.74) is 13.1. The largest absolute Gasteiger partial charge is 0.310 e. The lowest BCUT2D eigenvalue weighted by Gasteiger charge is -2.28. The van der Waals surface area contributed by atoms with E-state index in [2.05, 4.69) is 217 Å². The van der Waals surface area contributed by atoms with Crippen molar-refractivity contribution in [3.8, 4) is 44.5 Å². The Morgan fingerprint density at radius 1 is 0.315 bits per heavy atom. The molecule has 254 valence electrons. The molecule has 10 aromatic rings. The van der Waals surface area contributed by atoms with Gasteiger partial charge in [-0.3, -0.25) is 0 Å². The minimum atomic E-state index is 1.10. The maximum atomic E-state index is 2.39. The maximum Gasteiger partial charge on any atom is 0.0540 e. The number of benzene rings is 9. The second-order valence-electron chi connectivity index (χ2n) is 13.7. The summed E-state index contributed by atoms with van der Waals surface area (Å²) in [6.07, 6.45) is 0. The normalized spacial score (nSPS) is 11.3. The Balaban J connectivity index is 1.06. The lowest BCUT2D eigenvalue weighted by molar-refractivity contribution is 1.28. The van der Waals surface area contributed by atoms with Crippen molar-refractivity contribution in [1.82, 2.24) is 0 Å². The number of fused-ring (bicyclic) bond motifs is 4. The molecule has 0 aliphatic heterocycles. The predicted octanol–water partition coefficient (Wildman–Crippen LogP) is 15.3. The zero-order valence-electron chi connectivity index (χ0n) is 29.6. The van der Waals surface area contributed by atoms with E-state index in [1.807, 2.05) is 11.3 Å². The van der Waals surface area contributed by atoms with Crippen LogP contribution in [-0.4, -0.2) is 0 Å². The molecule has 0 aliphatic rings. The Morgan fingerprint density at radius 2 is 0.852 bits per heavy atom. The van der Waals surface area contributed by atoms with E-state index >= 15 is 0 Å². The smallest absolute Gasteiger partial charge is 0.0540 e. The minimum Gasteiger partial charge on any atom is -0.310 e. The van der Waals surface area contributed by atoms with Crippen molar-refractivity contribution in [2.75, 3.05) is 4.90 Å². The summed E-state index contributed by atoms with van der Waals surface area (Å²) in [6, 6.07) is 77.0. The first kappa shape index (κ1) is 32.0. The van der Waals surface area contributed by atoms with Gasteiger partial charge in [0.15, 0.2) is 0 Å². The molecule has 54 heavy (non-hydrogen) atoms. The monoisotopic (exact) mass is 705 g/mol. The molecule has 0 N–H and O–H groups in total. The van der Waals surface area contributed by atoms with Crippen LogP contribution < -0.4 is 4.90 Å². The highest BCUT2D eigenvalue weighted by Crippen LogP contribution is 2.44. The third-order valence-corrected chi connectivity index (χ3v) is 11.7. The molecular formula is C52H35NS. The van der Waals surface area contributed by atoms with E-state index in [9.17, 15) is 0 Å². The fourth-order valence-electron chi connectivity index (χ4n) is 7.87. The Morgan fingerprint density at radius 3 is 1.69 bits per heavy atom. The van der Waals surface area contributed by atoms with Crippen molar-refractivity contribution >= 4 is 59.3 Å². The van der Waals surface area contributed by atoms with Gasteiger partial charge in [0.05, 0.1) is 5.69 Å². The Bertz CT molecular complexity index is 2920. The van der Waals surface area contributed by atoms with Gasteiger partial charge in [0.2, 0.25) is 0 Å². The first-order chi connectivity index (χ1) is 26.8. The first-order valence-electron chi connectivity index (χ1n) is 18.4. The third kappa shape index (κ3) is 5.74. The molecule has 0 aliphatic carbocycles. The second-order valence-corrected chi connectivity index (χ2v) is 14.8. The number of thiophene rings is 1. The zero-order chi connectivity index (χ0) is 35.8. The summed E-state index contributed by atoms with van der Waals surface area (Å²) < 4.78 is 2.65. The van der Waals surface area contributed by atoms with Crippen LogP contribution >= 0.6 is 11.3 Å². The molecule has 1 heterocycles. The van der Waals surface area contributed by atoms with Crippen molar-refractivity contribution in [2.45, 2.75) is 0 Å². The number of para-hydroxylation sites is 1. The number of anilines is 3. The summed E-state index contributed by atoms with van der Waals surface area (Å²) in [6.45, 7) is 0. The van der Waals surface area contributed by atoms with Gasteiger partial charge < -0.3 is 4.90 Å². The van der Waals surface area contributed by atoms with Crippen LogP contribution in [0.1, 0.15) is 0 Å². The minimum absolute atomic E-state index is 1.10. The Kier molecular flexibility index (Phi) is 8.09. The van der Waals surface area contributed by atoms with Gasteiger partial charge in [0.1, 0.15) is 0 Å². The summed E-state index contributed by atoms with van der Waals surface area (Å²) >= 11 is 1.88. The molecule has 10 rings (SSSR count). The average molecular weight is 706 g/mol. The molecule has 9 aromatic carbocycles. The summed E-state index contributed by atoms with van der Waals surface area (Å²) in [5.74, 6) is 0. The topological polar surface area (TPSA) is 3.24 Å². The molecule has 0 spiro atoms. The van der Waals surface area contributed by atoms with Crippen molar-refractivity contribution in [3.05, 3.63) is 212 Å². The lowest BCUT2D eigenvalue weighted by Crippen LogP contribution is -2.11. The molecular weight excluding hydrogens is 671 g/mol. The first-order valence-corrected chi connectivity index (χ1v) is 19.2. The van der Waals surface area contributed by atoms with Crippen LogP contribution in [0.5, 0.6) is 0 Å². The van der Waals surface area contributed by atoms with E-state index < -0.39 is 0 Å². The highest BCUT2D eigenvalue weighted by atomic mass is 32.1. The van der Waals surface area contributed by atoms with Crippen molar-refractivity contribution in [1.29, 1.82) is 0 Å². The van der Waals surface area contributed by atoms with E-state index in [4.69, 9.17) is 0 Å². The molecule has 2 heteroatoms. The molecule has 0 radical (unpaired) electrons. The Labute approximate surface area is 319 Å². The van der Waals surface area contributed by atoms with E-state index in [1.165, 1.54) is 75.5 Å². The Hall–Kier alpha value is -6.74. The van der Waals surface area contributed by atoms with Gasteiger partial charge in [0.25, 0.3) is 0 Å².